The van der Waals surface area contributed by atoms with Gasteiger partial charge < -0.3 is 15.8 Å². The van der Waals surface area contributed by atoms with Crippen molar-refractivity contribution in [3.8, 4) is 5.75 Å². The van der Waals surface area contributed by atoms with Crippen LogP contribution in [0.3, 0.4) is 0 Å². The lowest BCUT2D eigenvalue weighted by molar-refractivity contribution is -0.119. The van der Waals surface area contributed by atoms with Gasteiger partial charge in [0.25, 0.3) is 5.91 Å². The molecule has 0 spiro atoms. The van der Waals surface area contributed by atoms with Gasteiger partial charge in [0.15, 0.2) is 6.61 Å². The molecular formula is C10H14N2O2. The van der Waals surface area contributed by atoms with Crippen molar-refractivity contribution in [2.45, 2.75) is 6.92 Å². The molecule has 0 saturated heterocycles. The van der Waals surface area contributed by atoms with Crippen LogP contribution < -0.4 is 15.8 Å². The summed E-state index contributed by atoms with van der Waals surface area (Å²) < 4.78 is 5.14. The first-order valence-corrected chi connectivity index (χ1v) is 4.47. The number of hydrogen-bond donors (Lipinski definition) is 2. The SMILES string of the molecule is CCNc1cccc(OCC(N)=O)c1. The van der Waals surface area contributed by atoms with Gasteiger partial charge in [-0.25, -0.2) is 0 Å². The Morgan fingerprint density at radius 3 is 3.00 bits per heavy atom. The largest absolute Gasteiger partial charge is 0.484 e. The zero-order chi connectivity index (χ0) is 10.4. The fourth-order valence-corrected chi connectivity index (χ4v) is 1.05. The average molecular weight is 194 g/mol. The van der Waals surface area contributed by atoms with Gasteiger partial charge in [0.1, 0.15) is 5.75 Å². The van der Waals surface area contributed by atoms with Crippen LogP contribution in [0.25, 0.3) is 0 Å². The molecule has 0 bridgehead atoms. The minimum absolute atomic E-state index is 0.0877. The fourth-order valence-electron chi connectivity index (χ4n) is 1.05. The maximum atomic E-state index is 10.5. The highest BCUT2D eigenvalue weighted by Gasteiger charge is 1.98. The Balaban J connectivity index is 2.58. The molecule has 4 nitrogen and oxygen atoms in total. The lowest BCUT2D eigenvalue weighted by atomic mass is 10.3. The molecule has 4 heteroatoms. The van der Waals surface area contributed by atoms with E-state index in [0.717, 1.165) is 12.2 Å². The molecule has 14 heavy (non-hydrogen) atoms. The van der Waals surface area contributed by atoms with Crippen LogP contribution in [0.5, 0.6) is 5.75 Å². The standard InChI is InChI=1S/C10H14N2O2/c1-2-12-8-4-3-5-9(6-8)14-7-10(11)13/h3-6,12H,2,7H2,1H3,(H2,11,13). The third-order valence-electron chi connectivity index (χ3n) is 1.60. The summed E-state index contributed by atoms with van der Waals surface area (Å²) in [6.07, 6.45) is 0. The van der Waals surface area contributed by atoms with Gasteiger partial charge in [-0.15, -0.1) is 0 Å². The first-order chi connectivity index (χ1) is 6.72. The number of amides is 1. The molecule has 0 aliphatic carbocycles. The predicted molar refractivity (Wildman–Crippen MR) is 55.3 cm³/mol. The number of rotatable bonds is 5. The number of ether oxygens (including phenoxy) is 1. The Morgan fingerprint density at radius 2 is 2.36 bits per heavy atom. The van der Waals surface area contributed by atoms with E-state index in [0.29, 0.717) is 5.75 Å². The van der Waals surface area contributed by atoms with Crippen LogP contribution in [-0.2, 0) is 4.79 Å². The van der Waals surface area contributed by atoms with Crippen LogP contribution in [0, 0.1) is 0 Å². The summed E-state index contributed by atoms with van der Waals surface area (Å²) >= 11 is 0. The zero-order valence-electron chi connectivity index (χ0n) is 8.12. The second-order valence-corrected chi connectivity index (χ2v) is 2.81. The maximum absolute atomic E-state index is 10.5. The number of hydrogen-bond acceptors (Lipinski definition) is 3. The van der Waals surface area contributed by atoms with E-state index >= 15 is 0 Å². The number of nitrogens with one attached hydrogen (secondary N) is 1. The van der Waals surface area contributed by atoms with Gasteiger partial charge in [0.05, 0.1) is 0 Å². The van der Waals surface area contributed by atoms with Crippen molar-refractivity contribution in [2.75, 3.05) is 18.5 Å². The molecule has 0 radical (unpaired) electrons. The average Bonchev–Trinajstić information content (AvgIpc) is 2.16. The van der Waals surface area contributed by atoms with Crippen LogP contribution in [0.15, 0.2) is 24.3 Å². The molecule has 0 heterocycles. The van der Waals surface area contributed by atoms with E-state index in [-0.39, 0.29) is 6.61 Å². The molecule has 3 N–H and O–H groups in total. The van der Waals surface area contributed by atoms with E-state index in [2.05, 4.69) is 5.32 Å². The molecule has 0 atom stereocenters. The number of carbonyl (C=O) groups excluding carboxylic acids is 1. The van der Waals surface area contributed by atoms with E-state index in [4.69, 9.17) is 10.5 Å². The smallest absolute Gasteiger partial charge is 0.255 e. The quantitative estimate of drug-likeness (QED) is 0.734. The lowest BCUT2D eigenvalue weighted by Crippen LogP contribution is -2.20. The fraction of sp³-hybridized carbons (Fsp3) is 0.300. The minimum Gasteiger partial charge on any atom is -0.484 e. The monoisotopic (exact) mass is 194 g/mol. The molecule has 1 rings (SSSR count). The topological polar surface area (TPSA) is 64.3 Å². The van der Waals surface area contributed by atoms with Crippen molar-refractivity contribution in [1.29, 1.82) is 0 Å². The van der Waals surface area contributed by atoms with Gasteiger partial charge in [-0.3, -0.25) is 4.79 Å². The molecule has 76 valence electrons. The Kier molecular flexibility index (Phi) is 3.79. The van der Waals surface area contributed by atoms with E-state index in [1.165, 1.54) is 0 Å². The Bertz CT molecular complexity index is 313. The highest BCUT2D eigenvalue weighted by molar-refractivity contribution is 5.75. The number of carbonyl (C=O) groups is 1. The first kappa shape index (κ1) is 10.4. The molecule has 0 saturated carbocycles. The first-order valence-electron chi connectivity index (χ1n) is 4.47. The van der Waals surface area contributed by atoms with Crippen LogP contribution in [-0.4, -0.2) is 19.1 Å². The summed E-state index contributed by atoms with van der Waals surface area (Å²) in [5.74, 6) is 0.168. The highest BCUT2D eigenvalue weighted by Crippen LogP contribution is 2.16. The molecule has 0 unspecified atom stereocenters. The van der Waals surface area contributed by atoms with Gasteiger partial charge in [0, 0.05) is 18.3 Å². The Hall–Kier alpha value is -1.71. The highest BCUT2D eigenvalue weighted by atomic mass is 16.5. The number of benzene rings is 1. The minimum atomic E-state index is -0.473. The van der Waals surface area contributed by atoms with Crippen LogP contribution >= 0.6 is 0 Å². The third-order valence-corrected chi connectivity index (χ3v) is 1.60. The van der Waals surface area contributed by atoms with Crippen molar-refractivity contribution in [3.63, 3.8) is 0 Å². The molecular weight excluding hydrogens is 180 g/mol. The third kappa shape index (κ3) is 3.35. The molecule has 0 aliphatic heterocycles. The van der Waals surface area contributed by atoms with E-state index in [1.54, 1.807) is 6.07 Å². The number of primary amides is 1. The van der Waals surface area contributed by atoms with Crippen molar-refractivity contribution < 1.29 is 9.53 Å². The summed E-state index contributed by atoms with van der Waals surface area (Å²) in [5.41, 5.74) is 5.92. The van der Waals surface area contributed by atoms with E-state index in [1.807, 2.05) is 25.1 Å². The summed E-state index contributed by atoms with van der Waals surface area (Å²) in [4.78, 5) is 10.5. The van der Waals surface area contributed by atoms with Gasteiger partial charge in [-0.1, -0.05) is 6.07 Å². The number of nitrogens with two attached hydrogens (primary N) is 1. The molecule has 1 aromatic rings. The molecule has 1 aromatic carbocycles. The van der Waals surface area contributed by atoms with Crippen LogP contribution in [0.2, 0.25) is 0 Å². The second kappa shape index (κ2) is 5.11. The summed E-state index contributed by atoms with van der Waals surface area (Å²) in [6.45, 7) is 2.77. The van der Waals surface area contributed by atoms with Gasteiger partial charge in [-0.2, -0.15) is 0 Å². The van der Waals surface area contributed by atoms with Gasteiger partial charge in [-0.05, 0) is 19.1 Å². The molecule has 0 fully saturated rings. The van der Waals surface area contributed by atoms with Crippen LogP contribution in [0.1, 0.15) is 6.92 Å². The van der Waals surface area contributed by atoms with Crippen molar-refractivity contribution in [3.05, 3.63) is 24.3 Å². The normalized spacial score (nSPS) is 9.50. The molecule has 0 aromatic heterocycles. The van der Waals surface area contributed by atoms with Crippen molar-refractivity contribution in [1.82, 2.24) is 0 Å². The summed E-state index contributed by atoms with van der Waals surface area (Å²) in [5, 5.41) is 3.14. The summed E-state index contributed by atoms with van der Waals surface area (Å²) in [7, 11) is 0. The van der Waals surface area contributed by atoms with Crippen LogP contribution in [0.4, 0.5) is 5.69 Å². The van der Waals surface area contributed by atoms with E-state index in [9.17, 15) is 4.79 Å². The van der Waals surface area contributed by atoms with Crippen molar-refractivity contribution in [2.24, 2.45) is 5.73 Å². The van der Waals surface area contributed by atoms with Gasteiger partial charge >= 0.3 is 0 Å². The lowest BCUT2D eigenvalue weighted by Gasteiger charge is -2.06. The summed E-state index contributed by atoms with van der Waals surface area (Å²) in [6, 6.07) is 7.39. The Labute approximate surface area is 83.1 Å². The molecule has 0 aliphatic rings. The second-order valence-electron chi connectivity index (χ2n) is 2.81. The molecule has 1 amide bonds. The predicted octanol–water partition coefficient (Wildman–Crippen LogP) is 0.982. The van der Waals surface area contributed by atoms with E-state index < -0.39 is 5.91 Å². The zero-order valence-corrected chi connectivity index (χ0v) is 8.12. The Morgan fingerprint density at radius 1 is 1.57 bits per heavy atom. The number of anilines is 1. The van der Waals surface area contributed by atoms with Crippen molar-refractivity contribution >= 4 is 11.6 Å². The maximum Gasteiger partial charge on any atom is 0.255 e. The van der Waals surface area contributed by atoms with Gasteiger partial charge in [0.2, 0.25) is 0 Å².